The van der Waals surface area contributed by atoms with E-state index in [-0.39, 0.29) is 28.4 Å². The average Bonchev–Trinajstić information content (AvgIpc) is 3.57. The lowest BCUT2D eigenvalue weighted by atomic mass is 10.0. The summed E-state index contributed by atoms with van der Waals surface area (Å²) in [5, 5.41) is 2.92. The van der Waals surface area contributed by atoms with E-state index in [9.17, 15) is 26.4 Å². The lowest BCUT2D eigenvalue weighted by molar-refractivity contribution is -0.137. The molecule has 1 saturated carbocycles. The van der Waals surface area contributed by atoms with Crippen LogP contribution in [0, 0.1) is 0 Å². The fourth-order valence-corrected chi connectivity index (χ4v) is 4.91. The van der Waals surface area contributed by atoms with Crippen molar-refractivity contribution in [3.63, 3.8) is 0 Å². The number of anilines is 1. The molecule has 0 radical (unpaired) electrons. The Morgan fingerprint density at radius 2 is 1.75 bits per heavy atom. The Hall–Kier alpha value is -2.66. The van der Waals surface area contributed by atoms with Crippen molar-refractivity contribution < 1.29 is 26.4 Å². The Balaban J connectivity index is 1.33. The molecule has 2 N–H and O–H groups in total. The van der Waals surface area contributed by atoms with Crippen molar-refractivity contribution in [1.29, 1.82) is 0 Å². The highest BCUT2D eigenvalue weighted by molar-refractivity contribution is 7.89. The number of alkyl halides is 3. The molecule has 11 heteroatoms. The SMILES string of the molecule is O=C(NC1CCN(c2ccc(C(F)(F)F)cn2)CC1)c1cccc(S(=O)(=O)NC2CC2)c1. The maximum atomic E-state index is 12.7. The van der Waals surface area contributed by atoms with Gasteiger partial charge in [-0.1, -0.05) is 6.07 Å². The molecule has 2 aromatic rings. The average molecular weight is 469 g/mol. The van der Waals surface area contributed by atoms with Gasteiger partial charge in [0.2, 0.25) is 10.0 Å². The Morgan fingerprint density at radius 3 is 2.34 bits per heavy atom. The predicted molar refractivity (Wildman–Crippen MR) is 112 cm³/mol. The number of nitrogens with zero attached hydrogens (tertiary/aromatic N) is 2. The van der Waals surface area contributed by atoms with E-state index in [0.29, 0.717) is 31.7 Å². The summed E-state index contributed by atoms with van der Waals surface area (Å²) >= 11 is 0. The number of nitrogens with one attached hydrogen (secondary N) is 2. The summed E-state index contributed by atoms with van der Waals surface area (Å²) in [5.74, 6) is 0.100. The molecule has 1 aromatic heterocycles. The standard InChI is InChI=1S/C21H23F3N4O3S/c22-21(23,24)15-4-7-19(25-13-15)28-10-8-16(9-11-28)26-20(29)14-2-1-3-18(12-14)32(30,31)27-17-5-6-17/h1-4,7,12-13,16-17,27H,5-6,8-11H2,(H,26,29). The number of hydrogen-bond donors (Lipinski definition) is 2. The minimum atomic E-state index is -4.42. The third kappa shape index (κ3) is 5.39. The summed E-state index contributed by atoms with van der Waals surface area (Å²) < 4.78 is 65.4. The highest BCUT2D eigenvalue weighted by atomic mass is 32.2. The first-order valence-corrected chi connectivity index (χ1v) is 11.8. The van der Waals surface area contributed by atoms with Crippen LogP contribution in [-0.4, -0.2) is 44.5 Å². The number of rotatable bonds is 6. The van der Waals surface area contributed by atoms with Gasteiger partial charge in [-0.25, -0.2) is 18.1 Å². The Bertz CT molecular complexity index is 1080. The van der Waals surface area contributed by atoms with Crippen LogP contribution in [0.2, 0.25) is 0 Å². The number of carbonyl (C=O) groups is 1. The van der Waals surface area contributed by atoms with E-state index < -0.39 is 21.8 Å². The minimum absolute atomic E-state index is 0.0261. The van der Waals surface area contributed by atoms with Crippen LogP contribution in [0.15, 0.2) is 47.5 Å². The number of amides is 1. The van der Waals surface area contributed by atoms with Gasteiger partial charge in [0.05, 0.1) is 10.5 Å². The molecule has 32 heavy (non-hydrogen) atoms. The fourth-order valence-electron chi connectivity index (χ4n) is 3.56. The number of aromatic nitrogens is 1. The largest absolute Gasteiger partial charge is 0.417 e. The molecule has 0 bridgehead atoms. The first-order valence-electron chi connectivity index (χ1n) is 10.3. The van der Waals surface area contributed by atoms with E-state index in [1.54, 1.807) is 6.07 Å². The van der Waals surface area contributed by atoms with Crippen LogP contribution in [0.1, 0.15) is 41.6 Å². The van der Waals surface area contributed by atoms with Crippen LogP contribution < -0.4 is 14.9 Å². The second kappa shape index (κ2) is 8.70. The van der Waals surface area contributed by atoms with Gasteiger partial charge in [-0.2, -0.15) is 13.2 Å². The van der Waals surface area contributed by atoms with Gasteiger partial charge in [0.1, 0.15) is 5.82 Å². The van der Waals surface area contributed by atoms with Crippen LogP contribution in [0.25, 0.3) is 0 Å². The number of carbonyl (C=O) groups excluding carboxylic acids is 1. The van der Waals surface area contributed by atoms with Gasteiger partial charge in [0.15, 0.2) is 0 Å². The first-order chi connectivity index (χ1) is 15.1. The molecular formula is C21H23F3N4O3S. The first kappa shape index (κ1) is 22.5. The lowest BCUT2D eigenvalue weighted by Crippen LogP contribution is -2.45. The molecule has 172 valence electrons. The highest BCUT2D eigenvalue weighted by Crippen LogP contribution is 2.30. The molecule has 1 saturated heterocycles. The van der Waals surface area contributed by atoms with Crippen molar-refractivity contribution in [3.05, 3.63) is 53.7 Å². The molecule has 1 aliphatic heterocycles. The summed E-state index contributed by atoms with van der Waals surface area (Å²) in [6.45, 7) is 1.06. The van der Waals surface area contributed by atoms with E-state index in [1.807, 2.05) is 4.90 Å². The van der Waals surface area contributed by atoms with Gasteiger partial charge in [0.25, 0.3) is 5.91 Å². The van der Waals surface area contributed by atoms with E-state index >= 15 is 0 Å². The zero-order valence-corrected chi connectivity index (χ0v) is 17.9. The molecule has 2 aliphatic rings. The Labute approximate surface area is 184 Å². The maximum absolute atomic E-state index is 12.7. The molecule has 2 fully saturated rings. The number of sulfonamides is 1. The second-order valence-electron chi connectivity index (χ2n) is 8.06. The van der Waals surface area contributed by atoms with Gasteiger partial charge in [0, 0.05) is 36.9 Å². The van der Waals surface area contributed by atoms with Gasteiger partial charge in [-0.15, -0.1) is 0 Å². The van der Waals surface area contributed by atoms with E-state index in [2.05, 4.69) is 15.0 Å². The summed E-state index contributed by atoms with van der Waals surface area (Å²) in [5.41, 5.74) is -0.532. The summed E-state index contributed by atoms with van der Waals surface area (Å²) in [6.07, 6.45) is -0.777. The predicted octanol–water partition coefficient (Wildman–Crippen LogP) is 2.94. The number of hydrogen-bond acceptors (Lipinski definition) is 5. The monoisotopic (exact) mass is 468 g/mol. The van der Waals surface area contributed by atoms with E-state index in [4.69, 9.17) is 0 Å². The van der Waals surface area contributed by atoms with Crippen molar-refractivity contribution >= 4 is 21.7 Å². The number of benzene rings is 1. The van der Waals surface area contributed by atoms with E-state index in [1.165, 1.54) is 24.3 Å². The zero-order chi connectivity index (χ0) is 22.9. The van der Waals surface area contributed by atoms with Crippen molar-refractivity contribution in [2.75, 3.05) is 18.0 Å². The van der Waals surface area contributed by atoms with Crippen LogP contribution in [0.4, 0.5) is 19.0 Å². The van der Waals surface area contributed by atoms with Crippen molar-refractivity contribution in [2.24, 2.45) is 0 Å². The summed E-state index contributed by atoms with van der Waals surface area (Å²) in [7, 11) is -3.65. The fraction of sp³-hybridized carbons (Fsp3) is 0.429. The normalized spacial score (nSPS) is 17.9. The quantitative estimate of drug-likeness (QED) is 0.680. The molecular weight excluding hydrogens is 445 g/mol. The molecule has 1 amide bonds. The number of pyridine rings is 1. The van der Waals surface area contributed by atoms with Crippen LogP contribution >= 0.6 is 0 Å². The van der Waals surface area contributed by atoms with Crippen molar-refractivity contribution in [2.45, 2.75) is 48.8 Å². The number of halogens is 3. The van der Waals surface area contributed by atoms with Crippen LogP contribution in [-0.2, 0) is 16.2 Å². The zero-order valence-electron chi connectivity index (χ0n) is 17.1. The molecule has 0 unspecified atom stereocenters. The van der Waals surface area contributed by atoms with Gasteiger partial charge in [-0.05, 0) is 56.0 Å². The number of piperidine rings is 1. The summed E-state index contributed by atoms with van der Waals surface area (Å²) in [6, 6.07) is 8.12. The topological polar surface area (TPSA) is 91.4 Å². The highest BCUT2D eigenvalue weighted by Gasteiger charge is 2.31. The Morgan fingerprint density at radius 1 is 1.03 bits per heavy atom. The molecule has 0 spiro atoms. The molecule has 2 heterocycles. The smallest absolute Gasteiger partial charge is 0.356 e. The molecule has 1 aliphatic carbocycles. The minimum Gasteiger partial charge on any atom is -0.356 e. The Kier molecular flexibility index (Phi) is 6.13. The van der Waals surface area contributed by atoms with Crippen LogP contribution in [0.5, 0.6) is 0 Å². The van der Waals surface area contributed by atoms with Crippen LogP contribution in [0.3, 0.4) is 0 Å². The third-order valence-electron chi connectivity index (χ3n) is 5.54. The third-order valence-corrected chi connectivity index (χ3v) is 7.05. The van der Waals surface area contributed by atoms with E-state index in [0.717, 1.165) is 25.1 Å². The van der Waals surface area contributed by atoms with Crippen molar-refractivity contribution in [3.8, 4) is 0 Å². The molecule has 7 nitrogen and oxygen atoms in total. The van der Waals surface area contributed by atoms with Gasteiger partial charge >= 0.3 is 6.18 Å². The maximum Gasteiger partial charge on any atom is 0.417 e. The van der Waals surface area contributed by atoms with Gasteiger partial charge < -0.3 is 10.2 Å². The molecule has 0 atom stereocenters. The lowest BCUT2D eigenvalue weighted by Gasteiger charge is -2.33. The molecule has 1 aromatic carbocycles. The van der Waals surface area contributed by atoms with Crippen molar-refractivity contribution in [1.82, 2.24) is 15.0 Å². The summed E-state index contributed by atoms with van der Waals surface area (Å²) in [4.78, 5) is 18.5. The second-order valence-corrected chi connectivity index (χ2v) is 9.77. The van der Waals surface area contributed by atoms with Gasteiger partial charge in [-0.3, -0.25) is 4.79 Å². The molecule has 4 rings (SSSR count).